The molecule has 0 saturated heterocycles. The van der Waals surface area contributed by atoms with Gasteiger partial charge in [0.05, 0.1) is 6.61 Å². The van der Waals surface area contributed by atoms with Crippen molar-refractivity contribution in [2.24, 2.45) is 0 Å². The van der Waals surface area contributed by atoms with E-state index in [9.17, 15) is 14.4 Å². The molecule has 1 aromatic carbocycles. The number of ether oxygens (including phenoxy) is 1. The van der Waals surface area contributed by atoms with E-state index in [2.05, 4.69) is 22.4 Å². The van der Waals surface area contributed by atoms with Gasteiger partial charge < -0.3 is 19.9 Å². The van der Waals surface area contributed by atoms with Crippen LogP contribution in [0.1, 0.15) is 46.3 Å². The maximum Gasteiger partial charge on any atom is 0.261 e. The summed E-state index contributed by atoms with van der Waals surface area (Å²) in [7, 11) is 1.55. The number of nitrogens with zero attached hydrogens (tertiary/aromatic N) is 1. The van der Waals surface area contributed by atoms with Crippen molar-refractivity contribution >= 4 is 11.8 Å². The van der Waals surface area contributed by atoms with Crippen LogP contribution in [0, 0.1) is 0 Å². The first kappa shape index (κ1) is 21.8. The lowest BCUT2D eigenvalue weighted by atomic mass is 9.96. The predicted molar refractivity (Wildman–Crippen MR) is 114 cm³/mol. The molecule has 0 bridgehead atoms. The highest BCUT2D eigenvalue weighted by Gasteiger charge is 2.26. The van der Waals surface area contributed by atoms with Crippen molar-refractivity contribution in [1.29, 1.82) is 0 Å². The molecule has 1 aliphatic rings. The number of pyridine rings is 1. The summed E-state index contributed by atoms with van der Waals surface area (Å²) in [5, 5.41) is 2.71. The van der Waals surface area contributed by atoms with E-state index in [0.29, 0.717) is 39.1 Å². The third kappa shape index (κ3) is 5.57. The summed E-state index contributed by atoms with van der Waals surface area (Å²) < 4.78 is 4.93. The number of unbranched alkanes of at least 4 members (excludes halogenated alkanes) is 1. The van der Waals surface area contributed by atoms with Crippen molar-refractivity contribution in [3.63, 3.8) is 0 Å². The van der Waals surface area contributed by atoms with E-state index in [1.165, 1.54) is 5.56 Å². The summed E-state index contributed by atoms with van der Waals surface area (Å²) in [5.74, 6) is -0.281. The Morgan fingerprint density at radius 3 is 2.77 bits per heavy atom. The molecular formula is C23H29N3O4. The third-order valence-electron chi connectivity index (χ3n) is 5.41. The molecule has 0 radical (unpaired) electrons. The van der Waals surface area contributed by atoms with Gasteiger partial charge in [0, 0.05) is 39.4 Å². The summed E-state index contributed by atoms with van der Waals surface area (Å²) >= 11 is 0. The zero-order chi connectivity index (χ0) is 21.3. The number of aryl methyl sites for hydroxylation is 1. The van der Waals surface area contributed by atoms with Gasteiger partial charge in [0.25, 0.3) is 11.5 Å². The second kappa shape index (κ2) is 10.7. The first-order chi connectivity index (χ1) is 14.6. The number of carbonyl (C=O) groups is 2. The molecule has 2 heterocycles. The standard InChI is InChI=1S/C23H29N3O4/c1-30-14-12-24-22(28)21-19-11-13-26(16-18(19)15-25-23(21)29)20(27)10-6-5-9-17-7-3-2-4-8-17/h2-4,7-8,15H,5-6,9-14,16H2,1H3,(H,24,28)(H,25,29). The van der Waals surface area contributed by atoms with Crippen LogP contribution in [-0.2, 0) is 28.9 Å². The molecule has 2 amide bonds. The molecule has 160 valence electrons. The van der Waals surface area contributed by atoms with Crippen LogP contribution in [0.2, 0.25) is 0 Å². The summed E-state index contributed by atoms with van der Waals surface area (Å²) in [6.07, 6.45) is 5.42. The van der Waals surface area contributed by atoms with Gasteiger partial charge in [-0.25, -0.2) is 0 Å². The molecule has 7 nitrogen and oxygen atoms in total. The Morgan fingerprint density at radius 1 is 1.20 bits per heavy atom. The van der Waals surface area contributed by atoms with Crippen molar-refractivity contribution in [3.8, 4) is 0 Å². The Labute approximate surface area is 176 Å². The molecule has 2 aromatic rings. The third-order valence-corrected chi connectivity index (χ3v) is 5.41. The molecule has 0 saturated carbocycles. The molecule has 0 aliphatic carbocycles. The fourth-order valence-corrected chi connectivity index (χ4v) is 3.78. The highest BCUT2D eigenvalue weighted by Crippen LogP contribution is 2.21. The monoisotopic (exact) mass is 411 g/mol. The van der Waals surface area contributed by atoms with E-state index < -0.39 is 11.5 Å². The molecular weight excluding hydrogens is 382 g/mol. The van der Waals surface area contributed by atoms with Crippen molar-refractivity contribution in [2.75, 3.05) is 26.8 Å². The summed E-state index contributed by atoms with van der Waals surface area (Å²) in [4.78, 5) is 41.8. The number of aromatic nitrogens is 1. The minimum absolute atomic E-state index is 0.117. The Kier molecular flexibility index (Phi) is 7.79. The van der Waals surface area contributed by atoms with Gasteiger partial charge in [0.15, 0.2) is 0 Å². The lowest BCUT2D eigenvalue weighted by Crippen LogP contribution is -2.40. The van der Waals surface area contributed by atoms with E-state index in [1.807, 2.05) is 23.1 Å². The topological polar surface area (TPSA) is 91.5 Å². The van der Waals surface area contributed by atoms with Crippen LogP contribution in [-0.4, -0.2) is 48.5 Å². The fourth-order valence-electron chi connectivity index (χ4n) is 3.78. The number of methoxy groups -OCH3 is 1. The van der Waals surface area contributed by atoms with Gasteiger partial charge in [-0.15, -0.1) is 0 Å². The number of aromatic amines is 1. The lowest BCUT2D eigenvalue weighted by molar-refractivity contribution is -0.132. The smallest absolute Gasteiger partial charge is 0.261 e. The van der Waals surface area contributed by atoms with E-state index in [0.717, 1.165) is 30.4 Å². The average molecular weight is 412 g/mol. The van der Waals surface area contributed by atoms with Gasteiger partial charge in [-0.3, -0.25) is 14.4 Å². The normalized spacial score (nSPS) is 13.0. The molecule has 0 atom stereocenters. The van der Waals surface area contributed by atoms with Crippen LogP contribution in [0.4, 0.5) is 0 Å². The van der Waals surface area contributed by atoms with E-state index in [-0.39, 0.29) is 11.5 Å². The first-order valence-corrected chi connectivity index (χ1v) is 10.4. The number of hydrogen-bond acceptors (Lipinski definition) is 4. The van der Waals surface area contributed by atoms with Crippen molar-refractivity contribution < 1.29 is 14.3 Å². The summed E-state index contributed by atoms with van der Waals surface area (Å²) in [6, 6.07) is 10.3. The number of carbonyl (C=O) groups excluding carboxylic acids is 2. The SMILES string of the molecule is COCCNC(=O)c1c2c(c[nH]c1=O)CN(C(=O)CCCCc1ccccc1)CC2. The summed E-state index contributed by atoms with van der Waals surface area (Å²) in [6.45, 7) is 1.66. The number of hydrogen-bond donors (Lipinski definition) is 2. The number of benzene rings is 1. The van der Waals surface area contributed by atoms with Gasteiger partial charge in [0.1, 0.15) is 5.56 Å². The Bertz CT molecular complexity index is 924. The maximum absolute atomic E-state index is 12.6. The van der Waals surface area contributed by atoms with Gasteiger partial charge in [-0.1, -0.05) is 30.3 Å². The lowest BCUT2D eigenvalue weighted by Gasteiger charge is -2.29. The van der Waals surface area contributed by atoms with Gasteiger partial charge >= 0.3 is 0 Å². The van der Waals surface area contributed by atoms with Crippen LogP contribution in [0.3, 0.4) is 0 Å². The van der Waals surface area contributed by atoms with E-state index in [4.69, 9.17) is 4.74 Å². The van der Waals surface area contributed by atoms with Gasteiger partial charge in [0.2, 0.25) is 5.91 Å². The fraction of sp³-hybridized carbons (Fsp3) is 0.435. The minimum atomic E-state index is -0.399. The summed E-state index contributed by atoms with van der Waals surface area (Å²) in [5.41, 5.74) is 2.61. The maximum atomic E-state index is 12.6. The van der Waals surface area contributed by atoms with Gasteiger partial charge in [-0.2, -0.15) is 0 Å². The van der Waals surface area contributed by atoms with E-state index >= 15 is 0 Å². The number of H-pyrrole nitrogens is 1. The first-order valence-electron chi connectivity index (χ1n) is 10.4. The quantitative estimate of drug-likeness (QED) is 0.618. The molecule has 1 aromatic heterocycles. The van der Waals surface area contributed by atoms with Crippen LogP contribution >= 0.6 is 0 Å². The molecule has 0 unspecified atom stereocenters. The molecule has 2 N–H and O–H groups in total. The second-order valence-corrected chi connectivity index (χ2v) is 7.50. The number of rotatable bonds is 9. The number of nitrogens with one attached hydrogen (secondary N) is 2. The highest BCUT2D eigenvalue weighted by atomic mass is 16.5. The van der Waals surface area contributed by atoms with Crippen LogP contribution in [0.5, 0.6) is 0 Å². The zero-order valence-corrected chi connectivity index (χ0v) is 17.4. The molecule has 0 spiro atoms. The van der Waals surface area contributed by atoms with Gasteiger partial charge in [-0.05, 0) is 42.4 Å². The molecule has 30 heavy (non-hydrogen) atoms. The number of amides is 2. The molecule has 7 heteroatoms. The largest absolute Gasteiger partial charge is 0.383 e. The van der Waals surface area contributed by atoms with Crippen LogP contribution < -0.4 is 10.9 Å². The van der Waals surface area contributed by atoms with Crippen LogP contribution in [0.15, 0.2) is 41.3 Å². The Morgan fingerprint density at radius 2 is 2.00 bits per heavy atom. The predicted octanol–water partition coefficient (Wildman–Crippen LogP) is 2.05. The zero-order valence-electron chi connectivity index (χ0n) is 17.4. The molecule has 1 aliphatic heterocycles. The van der Waals surface area contributed by atoms with Crippen molar-refractivity contribution in [2.45, 2.75) is 38.6 Å². The second-order valence-electron chi connectivity index (χ2n) is 7.50. The van der Waals surface area contributed by atoms with Crippen LogP contribution in [0.25, 0.3) is 0 Å². The molecule has 3 rings (SSSR count). The number of fused-ring (bicyclic) bond motifs is 1. The Balaban J connectivity index is 1.56. The molecule has 0 fully saturated rings. The van der Waals surface area contributed by atoms with E-state index in [1.54, 1.807) is 13.3 Å². The average Bonchev–Trinajstić information content (AvgIpc) is 2.77. The Hall–Kier alpha value is -2.93. The van der Waals surface area contributed by atoms with Crippen molar-refractivity contribution in [1.82, 2.24) is 15.2 Å². The van der Waals surface area contributed by atoms with Crippen molar-refractivity contribution in [3.05, 3.63) is 69.1 Å². The highest BCUT2D eigenvalue weighted by molar-refractivity contribution is 5.95. The minimum Gasteiger partial charge on any atom is -0.383 e.